The molecule has 0 unspecified atom stereocenters. The van der Waals surface area contributed by atoms with Crippen molar-refractivity contribution in [2.75, 3.05) is 26.2 Å². The maximum atomic E-state index is 13.8. The molecule has 1 aliphatic heterocycles. The molecule has 1 aliphatic rings. The Labute approximate surface area is 160 Å². The Kier molecular flexibility index (Phi) is 5.22. The maximum Gasteiger partial charge on any atom is 0.265 e. The summed E-state index contributed by atoms with van der Waals surface area (Å²) >= 11 is 0. The van der Waals surface area contributed by atoms with Crippen LogP contribution in [0, 0.1) is 11.6 Å². The van der Waals surface area contributed by atoms with Crippen molar-refractivity contribution in [2.24, 2.45) is 12.8 Å². The Morgan fingerprint density at radius 1 is 1.07 bits per heavy atom. The number of carbonyl (C=O) groups is 2. The van der Waals surface area contributed by atoms with E-state index >= 15 is 0 Å². The molecule has 150 valence electrons. The van der Waals surface area contributed by atoms with Crippen LogP contribution in [-0.4, -0.2) is 60.2 Å². The lowest BCUT2D eigenvalue weighted by Gasteiger charge is -2.33. The Hall–Kier alpha value is -2.79. The van der Waals surface area contributed by atoms with E-state index in [-0.39, 0.29) is 42.3 Å². The highest BCUT2D eigenvalue weighted by Crippen LogP contribution is 2.21. The van der Waals surface area contributed by atoms with Crippen LogP contribution in [0.5, 0.6) is 0 Å². The van der Waals surface area contributed by atoms with E-state index in [1.54, 1.807) is 0 Å². The number of piperazine rings is 1. The van der Waals surface area contributed by atoms with E-state index in [0.29, 0.717) is 6.07 Å². The van der Waals surface area contributed by atoms with Crippen LogP contribution in [0.25, 0.3) is 0 Å². The van der Waals surface area contributed by atoms with Gasteiger partial charge in [-0.05, 0) is 18.2 Å². The zero-order chi connectivity index (χ0) is 20.6. The number of hydrogen-bond acceptors (Lipinski definition) is 4. The van der Waals surface area contributed by atoms with E-state index < -0.39 is 33.5 Å². The van der Waals surface area contributed by atoms with Crippen LogP contribution in [-0.2, 0) is 17.1 Å². The SMILES string of the molecule is Cn1cc(S(=O)(=O)N2CCN(C(=O)c3ccc(F)cc3F)CC2)cc1C(N)=O. The number of benzene rings is 1. The van der Waals surface area contributed by atoms with Crippen molar-refractivity contribution in [2.45, 2.75) is 4.90 Å². The van der Waals surface area contributed by atoms with E-state index in [1.165, 1.54) is 33.1 Å². The molecule has 2 N–H and O–H groups in total. The number of nitrogens with two attached hydrogens (primary N) is 1. The largest absolute Gasteiger partial charge is 0.364 e. The normalized spacial score (nSPS) is 15.6. The standard InChI is InChI=1S/C17H18F2N4O4S/c1-21-10-12(9-15(21)16(20)24)28(26,27)23-6-4-22(5-7-23)17(25)13-3-2-11(18)8-14(13)19/h2-3,8-10H,4-7H2,1H3,(H2,20,24). The number of aromatic nitrogens is 1. The number of nitrogens with zero attached hydrogens (tertiary/aromatic N) is 3. The second-order valence-electron chi connectivity index (χ2n) is 6.36. The minimum absolute atomic E-state index is 0.00230. The van der Waals surface area contributed by atoms with Gasteiger partial charge in [-0.2, -0.15) is 4.31 Å². The summed E-state index contributed by atoms with van der Waals surface area (Å²) < 4.78 is 54.9. The summed E-state index contributed by atoms with van der Waals surface area (Å²) in [5.74, 6) is -3.14. The molecular weight excluding hydrogens is 394 g/mol. The van der Waals surface area contributed by atoms with Crippen LogP contribution < -0.4 is 5.73 Å². The molecule has 1 saturated heterocycles. The molecule has 1 fully saturated rings. The van der Waals surface area contributed by atoms with Gasteiger partial charge < -0.3 is 15.2 Å². The van der Waals surface area contributed by atoms with Crippen molar-refractivity contribution in [3.63, 3.8) is 0 Å². The van der Waals surface area contributed by atoms with Gasteiger partial charge in [0.25, 0.3) is 11.8 Å². The third-order valence-electron chi connectivity index (χ3n) is 4.56. The van der Waals surface area contributed by atoms with Crippen LogP contribution in [0.15, 0.2) is 35.4 Å². The van der Waals surface area contributed by atoms with Crippen molar-refractivity contribution in [3.8, 4) is 0 Å². The number of primary amides is 1. The summed E-state index contributed by atoms with van der Waals surface area (Å²) in [5.41, 5.74) is 4.99. The van der Waals surface area contributed by atoms with Gasteiger partial charge in [0, 0.05) is 45.5 Å². The first-order valence-electron chi connectivity index (χ1n) is 8.32. The molecule has 0 spiro atoms. The molecule has 1 aromatic heterocycles. The average molecular weight is 412 g/mol. The molecule has 2 aromatic rings. The van der Waals surface area contributed by atoms with Gasteiger partial charge in [-0.1, -0.05) is 0 Å². The molecule has 3 rings (SSSR count). The molecule has 8 nitrogen and oxygen atoms in total. The van der Waals surface area contributed by atoms with E-state index in [2.05, 4.69) is 0 Å². The topological polar surface area (TPSA) is 106 Å². The highest BCUT2D eigenvalue weighted by Gasteiger charge is 2.32. The van der Waals surface area contributed by atoms with Crippen molar-refractivity contribution in [3.05, 3.63) is 53.4 Å². The molecule has 2 amide bonds. The molecule has 0 atom stereocenters. The van der Waals surface area contributed by atoms with Gasteiger partial charge in [-0.3, -0.25) is 9.59 Å². The Morgan fingerprint density at radius 3 is 2.25 bits per heavy atom. The van der Waals surface area contributed by atoms with E-state index in [4.69, 9.17) is 5.73 Å². The minimum atomic E-state index is -3.88. The number of carbonyl (C=O) groups excluding carboxylic acids is 2. The fourth-order valence-electron chi connectivity index (χ4n) is 3.03. The molecule has 1 aromatic carbocycles. The zero-order valence-corrected chi connectivity index (χ0v) is 15.7. The van der Waals surface area contributed by atoms with Crippen molar-refractivity contribution in [1.82, 2.24) is 13.8 Å². The summed E-state index contributed by atoms with van der Waals surface area (Å²) in [6.07, 6.45) is 1.29. The molecule has 28 heavy (non-hydrogen) atoms. The highest BCUT2D eigenvalue weighted by molar-refractivity contribution is 7.89. The predicted molar refractivity (Wildman–Crippen MR) is 95.0 cm³/mol. The smallest absolute Gasteiger partial charge is 0.265 e. The van der Waals surface area contributed by atoms with E-state index in [0.717, 1.165) is 12.1 Å². The van der Waals surface area contributed by atoms with Gasteiger partial charge in [-0.15, -0.1) is 0 Å². The first-order chi connectivity index (χ1) is 13.1. The van der Waals surface area contributed by atoms with Gasteiger partial charge >= 0.3 is 0 Å². The fourth-order valence-corrected chi connectivity index (χ4v) is 4.53. The quantitative estimate of drug-likeness (QED) is 0.792. The molecule has 0 saturated carbocycles. The number of sulfonamides is 1. The van der Waals surface area contributed by atoms with Crippen LogP contribution in [0.3, 0.4) is 0 Å². The molecule has 2 heterocycles. The second kappa shape index (κ2) is 7.32. The van der Waals surface area contributed by atoms with Crippen LogP contribution >= 0.6 is 0 Å². The third kappa shape index (κ3) is 3.62. The minimum Gasteiger partial charge on any atom is -0.364 e. The number of rotatable bonds is 4. The Balaban J connectivity index is 1.73. The summed E-state index contributed by atoms with van der Waals surface area (Å²) in [4.78, 5) is 25.0. The van der Waals surface area contributed by atoms with Crippen molar-refractivity contribution < 1.29 is 26.8 Å². The maximum absolute atomic E-state index is 13.8. The predicted octanol–water partition coefficient (Wildman–Crippen LogP) is 0.549. The molecular formula is C17H18F2N4O4S. The van der Waals surface area contributed by atoms with Gasteiger partial charge in [0.1, 0.15) is 22.2 Å². The first-order valence-corrected chi connectivity index (χ1v) is 9.76. The summed E-state index contributed by atoms with van der Waals surface area (Å²) in [7, 11) is -2.37. The summed E-state index contributed by atoms with van der Waals surface area (Å²) in [6.45, 7) is 0.0875. The van der Waals surface area contributed by atoms with Crippen LogP contribution in [0.4, 0.5) is 8.78 Å². The number of aryl methyl sites for hydroxylation is 1. The Bertz CT molecular complexity index is 1040. The summed E-state index contributed by atoms with van der Waals surface area (Å²) in [6, 6.07) is 3.87. The Morgan fingerprint density at radius 2 is 1.71 bits per heavy atom. The van der Waals surface area contributed by atoms with Crippen LogP contribution in [0.2, 0.25) is 0 Å². The lowest BCUT2D eigenvalue weighted by atomic mass is 10.1. The third-order valence-corrected chi connectivity index (χ3v) is 6.42. The van der Waals surface area contributed by atoms with Crippen molar-refractivity contribution >= 4 is 21.8 Å². The second-order valence-corrected chi connectivity index (χ2v) is 8.29. The molecule has 0 radical (unpaired) electrons. The monoisotopic (exact) mass is 412 g/mol. The lowest BCUT2D eigenvalue weighted by molar-refractivity contribution is 0.0693. The van der Waals surface area contributed by atoms with Gasteiger partial charge in [-0.25, -0.2) is 17.2 Å². The highest BCUT2D eigenvalue weighted by atomic mass is 32.2. The molecule has 0 bridgehead atoms. The zero-order valence-electron chi connectivity index (χ0n) is 14.9. The number of amides is 2. The van der Waals surface area contributed by atoms with Crippen molar-refractivity contribution in [1.29, 1.82) is 0 Å². The summed E-state index contributed by atoms with van der Waals surface area (Å²) in [5, 5.41) is 0. The van der Waals surface area contributed by atoms with Gasteiger partial charge in [0.2, 0.25) is 10.0 Å². The van der Waals surface area contributed by atoms with E-state index in [1.807, 2.05) is 0 Å². The van der Waals surface area contributed by atoms with Crippen LogP contribution in [0.1, 0.15) is 20.8 Å². The number of halogens is 2. The van der Waals surface area contributed by atoms with Gasteiger partial charge in [0.15, 0.2) is 0 Å². The average Bonchev–Trinajstić information content (AvgIpc) is 3.04. The van der Waals surface area contributed by atoms with E-state index in [9.17, 15) is 26.8 Å². The fraction of sp³-hybridized carbons (Fsp3) is 0.294. The van der Waals surface area contributed by atoms with Gasteiger partial charge in [0.05, 0.1) is 5.56 Å². The lowest BCUT2D eigenvalue weighted by Crippen LogP contribution is -2.50. The number of hydrogen-bond donors (Lipinski definition) is 1. The first kappa shape index (κ1) is 20.0. The molecule has 11 heteroatoms. The molecule has 0 aliphatic carbocycles.